The maximum absolute atomic E-state index is 9.59. The summed E-state index contributed by atoms with van der Waals surface area (Å²) in [6.45, 7) is 5.62. The Morgan fingerprint density at radius 2 is 2.44 bits per heavy atom. The van der Waals surface area contributed by atoms with E-state index in [-0.39, 0.29) is 6.10 Å². The van der Waals surface area contributed by atoms with Crippen molar-refractivity contribution in [3.63, 3.8) is 0 Å². The van der Waals surface area contributed by atoms with Gasteiger partial charge in [0.1, 0.15) is 0 Å². The lowest BCUT2D eigenvalue weighted by molar-refractivity contribution is -0.0163. The van der Waals surface area contributed by atoms with Crippen LogP contribution in [0.1, 0.15) is 32.6 Å². The predicted molar refractivity (Wildman–Crippen MR) is 63.6 cm³/mol. The first-order chi connectivity index (χ1) is 7.83. The maximum Gasteiger partial charge on any atom is 0.0897 e. The van der Waals surface area contributed by atoms with Crippen molar-refractivity contribution in [1.29, 1.82) is 0 Å². The fraction of sp³-hybridized carbons (Fsp3) is 1.00. The number of hydrogen-bond donors (Lipinski definition) is 2. The zero-order chi connectivity index (χ0) is 11.6. The molecule has 0 spiro atoms. The molecule has 4 heteroatoms. The number of aliphatic hydroxyl groups excluding tert-OH is 1. The molecule has 96 valence electrons. The van der Waals surface area contributed by atoms with Gasteiger partial charge < -0.3 is 19.9 Å². The van der Waals surface area contributed by atoms with E-state index >= 15 is 0 Å². The highest BCUT2D eigenvalue weighted by molar-refractivity contribution is 4.64. The molecule has 0 radical (unpaired) electrons. The van der Waals surface area contributed by atoms with E-state index in [4.69, 9.17) is 9.47 Å². The molecule has 0 aliphatic carbocycles. The number of nitrogens with one attached hydrogen (secondary N) is 1. The van der Waals surface area contributed by atoms with E-state index in [1.165, 1.54) is 6.42 Å². The lowest BCUT2D eigenvalue weighted by Crippen LogP contribution is -2.32. The predicted octanol–water partition coefficient (Wildman–Crippen LogP) is 0.933. The van der Waals surface area contributed by atoms with E-state index in [1.807, 2.05) is 0 Å². The van der Waals surface area contributed by atoms with Crippen molar-refractivity contribution in [3.8, 4) is 0 Å². The smallest absolute Gasteiger partial charge is 0.0897 e. The van der Waals surface area contributed by atoms with Crippen molar-refractivity contribution in [2.24, 2.45) is 0 Å². The number of rotatable bonds is 9. The molecule has 16 heavy (non-hydrogen) atoms. The standard InChI is InChI=1S/C12H25NO3/c1-2-3-6-13-8-11(14)9-15-10-12-5-4-7-16-12/h11-14H,2-10H2,1H3. The summed E-state index contributed by atoms with van der Waals surface area (Å²) >= 11 is 0. The summed E-state index contributed by atoms with van der Waals surface area (Å²) in [6.07, 6.45) is 4.40. The Kier molecular flexibility index (Phi) is 7.76. The maximum atomic E-state index is 9.59. The Balaban J connectivity index is 1.87. The molecule has 0 aromatic carbocycles. The van der Waals surface area contributed by atoms with Gasteiger partial charge in [-0.25, -0.2) is 0 Å². The summed E-state index contributed by atoms with van der Waals surface area (Å²) in [5, 5.41) is 12.8. The Bertz CT molecular complexity index is 160. The van der Waals surface area contributed by atoms with Gasteiger partial charge >= 0.3 is 0 Å². The first kappa shape index (κ1) is 13.9. The van der Waals surface area contributed by atoms with E-state index in [9.17, 15) is 5.11 Å². The van der Waals surface area contributed by atoms with Crippen LogP contribution in [0.15, 0.2) is 0 Å². The summed E-state index contributed by atoms with van der Waals surface area (Å²) < 4.78 is 10.8. The molecule has 2 N–H and O–H groups in total. The van der Waals surface area contributed by atoms with Gasteiger partial charge in [-0.3, -0.25) is 0 Å². The minimum absolute atomic E-state index is 0.250. The first-order valence-corrected chi connectivity index (χ1v) is 6.41. The van der Waals surface area contributed by atoms with Gasteiger partial charge in [0.05, 0.1) is 25.4 Å². The van der Waals surface area contributed by atoms with Crippen molar-refractivity contribution in [3.05, 3.63) is 0 Å². The fourth-order valence-electron chi connectivity index (χ4n) is 1.74. The Labute approximate surface area is 98.3 Å². The quantitative estimate of drug-likeness (QED) is 0.580. The molecule has 4 nitrogen and oxygen atoms in total. The zero-order valence-electron chi connectivity index (χ0n) is 10.3. The average Bonchev–Trinajstić information content (AvgIpc) is 2.77. The van der Waals surface area contributed by atoms with Gasteiger partial charge in [-0.15, -0.1) is 0 Å². The molecular formula is C12H25NO3. The highest BCUT2D eigenvalue weighted by atomic mass is 16.5. The van der Waals surface area contributed by atoms with Crippen LogP contribution in [-0.4, -0.2) is 50.2 Å². The molecule has 1 fully saturated rings. The molecule has 0 aromatic heterocycles. The van der Waals surface area contributed by atoms with E-state index < -0.39 is 6.10 Å². The van der Waals surface area contributed by atoms with E-state index in [0.717, 1.165) is 32.4 Å². The van der Waals surface area contributed by atoms with Crippen molar-refractivity contribution in [2.75, 3.05) is 32.9 Å². The van der Waals surface area contributed by atoms with Gasteiger partial charge in [0.2, 0.25) is 0 Å². The van der Waals surface area contributed by atoms with Crippen molar-refractivity contribution < 1.29 is 14.6 Å². The molecule has 0 aromatic rings. The summed E-state index contributed by atoms with van der Waals surface area (Å²) in [7, 11) is 0. The molecular weight excluding hydrogens is 206 g/mol. The molecule has 0 bridgehead atoms. The van der Waals surface area contributed by atoms with Gasteiger partial charge in [-0.05, 0) is 25.8 Å². The summed E-state index contributed by atoms with van der Waals surface area (Å²) in [4.78, 5) is 0. The molecule has 1 rings (SSSR count). The van der Waals surface area contributed by atoms with Gasteiger partial charge in [0, 0.05) is 13.2 Å². The molecule has 1 saturated heterocycles. The van der Waals surface area contributed by atoms with Gasteiger partial charge in [-0.2, -0.15) is 0 Å². The number of aliphatic hydroxyl groups is 1. The normalized spacial score (nSPS) is 22.5. The number of unbranched alkanes of at least 4 members (excludes halogenated alkanes) is 1. The monoisotopic (exact) mass is 231 g/mol. The zero-order valence-corrected chi connectivity index (χ0v) is 10.3. The van der Waals surface area contributed by atoms with Crippen LogP contribution in [0, 0.1) is 0 Å². The SMILES string of the molecule is CCCCNCC(O)COCC1CCCO1. The van der Waals surface area contributed by atoms with Crippen LogP contribution < -0.4 is 5.32 Å². The van der Waals surface area contributed by atoms with Crippen LogP contribution >= 0.6 is 0 Å². The molecule has 0 amide bonds. The lowest BCUT2D eigenvalue weighted by Gasteiger charge is -2.14. The van der Waals surface area contributed by atoms with Crippen LogP contribution in [0.2, 0.25) is 0 Å². The molecule has 2 unspecified atom stereocenters. The highest BCUT2D eigenvalue weighted by Gasteiger charge is 2.15. The second kappa shape index (κ2) is 8.93. The third-order valence-electron chi connectivity index (χ3n) is 2.73. The number of ether oxygens (including phenoxy) is 2. The lowest BCUT2D eigenvalue weighted by atomic mass is 10.2. The second-order valence-electron chi connectivity index (χ2n) is 4.38. The highest BCUT2D eigenvalue weighted by Crippen LogP contribution is 2.11. The summed E-state index contributed by atoms with van der Waals surface area (Å²) in [5.74, 6) is 0. The second-order valence-corrected chi connectivity index (χ2v) is 4.38. The van der Waals surface area contributed by atoms with Crippen LogP contribution in [-0.2, 0) is 9.47 Å². The third-order valence-corrected chi connectivity index (χ3v) is 2.73. The van der Waals surface area contributed by atoms with E-state index in [0.29, 0.717) is 19.8 Å². The number of hydrogen-bond acceptors (Lipinski definition) is 4. The van der Waals surface area contributed by atoms with Gasteiger partial charge in [0.15, 0.2) is 0 Å². The Morgan fingerprint density at radius 1 is 1.56 bits per heavy atom. The van der Waals surface area contributed by atoms with E-state index in [1.54, 1.807) is 0 Å². The van der Waals surface area contributed by atoms with Gasteiger partial charge in [0.25, 0.3) is 0 Å². The van der Waals surface area contributed by atoms with E-state index in [2.05, 4.69) is 12.2 Å². The van der Waals surface area contributed by atoms with Crippen LogP contribution in [0.25, 0.3) is 0 Å². The Hall–Kier alpha value is -0.160. The summed E-state index contributed by atoms with van der Waals surface area (Å²) in [6, 6.07) is 0. The molecule has 1 aliphatic heterocycles. The van der Waals surface area contributed by atoms with Crippen LogP contribution in [0.5, 0.6) is 0 Å². The average molecular weight is 231 g/mol. The van der Waals surface area contributed by atoms with Crippen molar-refractivity contribution >= 4 is 0 Å². The van der Waals surface area contributed by atoms with Crippen molar-refractivity contribution in [1.82, 2.24) is 5.32 Å². The third kappa shape index (κ3) is 6.43. The first-order valence-electron chi connectivity index (χ1n) is 6.41. The molecule has 0 saturated carbocycles. The minimum atomic E-state index is -0.404. The molecule has 1 aliphatic rings. The fourth-order valence-corrected chi connectivity index (χ4v) is 1.74. The van der Waals surface area contributed by atoms with Crippen molar-refractivity contribution in [2.45, 2.75) is 44.8 Å². The minimum Gasteiger partial charge on any atom is -0.389 e. The van der Waals surface area contributed by atoms with Crippen LogP contribution in [0.3, 0.4) is 0 Å². The molecule has 2 atom stereocenters. The Morgan fingerprint density at radius 3 is 3.12 bits per heavy atom. The topological polar surface area (TPSA) is 50.7 Å². The molecule has 1 heterocycles. The van der Waals surface area contributed by atoms with Gasteiger partial charge in [-0.1, -0.05) is 13.3 Å². The van der Waals surface area contributed by atoms with Crippen LogP contribution in [0.4, 0.5) is 0 Å². The summed E-state index contributed by atoms with van der Waals surface area (Å²) in [5.41, 5.74) is 0. The largest absolute Gasteiger partial charge is 0.389 e.